The SMILES string of the molecule is CCc1nc(NN)cc(N2CCCCC2CO)n1. The minimum Gasteiger partial charge on any atom is -0.394 e. The molecule has 1 unspecified atom stereocenters. The summed E-state index contributed by atoms with van der Waals surface area (Å²) in [7, 11) is 0. The van der Waals surface area contributed by atoms with E-state index >= 15 is 0 Å². The molecule has 0 bridgehead atoms. The second-order valence-electron chi connectivity index (χ2n) is 4.55. The van der Waals surface area contributed by atoms with Crippen molar-refractivity contribution in [3.63, 3.8) is 0 Å². The van der Waals surface area contributed by atoms with Crippen LogP contribution in [0.5, 0.6) is 0 Å². The van der Waals surface area contributed by atoms with Crippen LogP contribution in [0.2, 0.25) is 0 Å². The normalized spacial score (nSPS) is 19.9. The quantitative estimate of drug-likeness (QED) is 0.539. The number of hydrazine groups is 1. The molecule has 4 N–H and O–H groups in total. The van der Waals surface area contributed by atoms with Crippen molar-refractivity contribution in [2.45, 2.75) is 38.6 Å². The number of nitrogen functional groups attached to an aromatic ring is 1. The van der Waals surface area contributed by atoms with E-state index in [4.69, 9.17) is 5.84 Å². The minimum absolute atomic E-state index is 0.156. The number of hydrogen-bond donors (Lipinski definition) is 3. The van der Waals surface area contributed by atoms with Crippen LogP contribution in [0.25, 0.3) is 0 Å². The summed E-state index contributed by atoms with van der Waals surface area (Å²) in [6, 6.07) is 2.00. The summed E-state index contributed by atoms with van der Waals surface area (Å²) in [5.41, 5.74) is 2.57. The first-order chi connectivity index (χ1) is 8.78. The van der Waals surface area contributed by atoms with E-state index in [1.54, 1.807) is 0 Å². The Morgan fingerprint density at radius 2 is 2.33 bits per heavy atom. The fourth-order valence-corrected chi connectivity index (χ4v) is 2.35. The summed E-state index contributed by atoms with van der Waals surface area (Å²) in [6.45, 7) is 3.10. The third-order valence-electron chi connectivity index (χ3n) is 3.36. The Labute approximate surface area is 107 Å². The van der Waals surface area contributed by atoms with Crippen molar-refractivity contribution >= 4 is 11.6 Å². The Kier molecular flexibility index (Phi) is 4.33. The topological polar surface area (TPSA) is 87.3 Å². The number of hydrogen-bond acceptors (Lipinski definition) is 6. The van der Waals surface area contributed by atoms with Gasteiger partial charge in [-0.1, -0.05) is 6.92 Å². The van der Waals surface area contributed by atoms with Crippen molar-refractivity contribution < 1.29 is 5.11 Å². The van der Waals surface area contributed by atoms with Crippen LogP contribution in [0.3, 0.4) is 0 Å². The zero-order chi connectivity index (χ0) is 13.0. The fraction of sp³-hybridized carbons (Fsp3) is 0.667. The lowest BCUT2D eigenvalue weighted by Crippen LogP contribution is -2.42. The Hall–Kier alpha value is -1.40. The van der Waals surface area contributed by atoms with E-state index in [1.807, 2.05) is 13.0 Å². The van der Waals surface area contributed by atoms with Gasteiger partial charge in [-0.05, 0) is 19.3 Å². The highest BCUT2D eigenvalue weighted by Gasteiger charge is 2.23. The lowest BCUT2D eigenvalue weighted by Gasteiger charge is -2.35. The predicted molar refractivity (Wildman–Crippen MR) is 71.3 cm³/mol. The molecule has 0 aliphatic carbocycles. The van der Waals surface area contributed by atoms with Gasteiger partial charge in [-0.25, -0.2) is 15.8 Å². The summed E-state index contributed by atoms with van der Waals surface area (Å²) < 4.78 is 0. The second-order valence-corrected chi connectivity index (χ2v) is 4.55. The van der Waals surface area contributed by atoms with Gasteiger partial charge in [-0.15, -0.1) is 0 Å². The second kappa shape index (κ2) is 5.97. The third kappa shape index (κ3) is 2.70. The molecule has 1 aliphatic heterocycles. The van der Waals surface area contributed by atoms with Gasteiger partial charge in [0, 0.05) is 19.0 Å². The predicted octanol–water partition coefficient (Wildman–Crippen LogP) is 0.676. The molecule has 1 saturated heterocycles. The molecule has 6 nitrogen and oxygen atoms in total. The summed E-state index contributed by atoms with van der Waals surface area (Å²) in [6.07, 6.45) is 4.07. The zero-order valence-electron chi connectivity index (χ0n) is 10.8. The lowest BCUT2D eigenvalue weighted by molar-refractivity contribution is 0.239. The fourth-order valence-electron chi connectivity index (χ4n) is 2.35. The van der Waals surface area contributed by atoms with Crippen molar-refractivity contribution in [3.05, 3.63) is 11.9 Å². The molecule has 1 aromatic rings. The van der Waals surface area contributed by atoms with Crippen LogP contribution >= 0.6 is 0 Å². The molecule has 1 aromatic heterocycles. The third-order valence-corrected chi connectivity index (χ3v) is 3.36. The van der Waals surface area contributed by atoms with E-state index in [0.29, 0.717) is 5.82 Å². The molecule has 0 saturated carbocycles. The maximum absolute atomic E-state index is 9.45. The van der Waals surface area contributed by atoms with Crippen LogP contribution in [-0.4, -0.2) is 34.3 Å². The van der Waals surface area contributed by atoms with Crippen molar-refractivity contribution in [2.24, 2.45) is 5.84 Å². The molecule has 18 heavy (non-hydrogen) atoms. The molecular formula is C12H21N5O. The van der Waals surface area contributed by atoms with Crippen LogP contribution < -0.4 is 16.2 Å². The van der Waals surface area contributed by atoms with Crippen molar-refractivity contribution in [1.82, 2.24) is 9.97 Å². The van der Waals surface area contributed by atoms with Gasteiger partial charge in [0.2, 0.25) is 0 Å². The largest absolute Gasteiger partial charge is 0.394 e. The first kappa shape index (κ1) is 13.0. The molecule has 6 heteroatoms. The van der Waals surface area contributed by atoms with Crippen LogP contribution in [0, 0.1) is 0 Å². The molecule has 0 spiro atoms. The molecule has 0 amide bonds. The van der Waals surface area contributed by atoms with Gasteiger partial charge < -0.3 is 15.4 Å². The van der Waals surface area contributed by atoms with Crippen LogP contribution in [0.1, 0.15) is 32.0 Å². The maximum Gasteiger partial charge on any atom is 0.145 e. The Morgan fingerprint density at radius 1 is 1.50 bits per heavy atom. The highest BCUT2D eigenvalue weighted by Crippen LogP contribution is 2.24. The molecule has 1 atom stereocenters. The highest BCUT2D eigenvalue weighted by molar-refractivity contribution is 5.50. The Morgan fingerprint density at radius 3 is 3.00 bits per heavy atom. The van der Waals surface area contributed by atoms with Gasteiger partial charge >= 0.3 is 0 Å². The summed E-state index contributed by atoms with van der Waals surface area (Å²) in [5, 5.41) is 9.45. The van der Waals surface area contributed by atoms with Gasteiger partial charge in [0.15, 0.2) is 0 Å². The van der Waals surface area contributed by atoms with E-state index in [9.17, 15) is 5.11 Å². The van der Waals surface area contributed by atoms with E-state index in [2.05, 4.69) is 20.3 Å². The molecule has 0 radical (unpaired) electrons. The Balaban J connectivity index is 2.29. The smallest absolute Gasteiger partial charge is 0.145 e. The molecule has 0 aromatic carbocycles. The molecule has 1 aliphatic rings. The van der Waals surface area contributed by atoms with Gasteiger partial charge in [0.1, 0.15) is 17.5 Å². The molecule has 2 heterocycles. The van der Waals surface area contributed by atoms with E-state index in [1.165, 1.54) is 0 Å². The van der Waals surface area contributed by atoms with Crippen molar-refractivity contribution in [2.75, 3.05) is 23.5 Å². The van der Waals surface area contributed by atoms with Crippen LogP contribution in [-0.2, 0) is 6.42 Å². The molecule has 1 fully saturated rings. The Bertz CT molecular complexity index is 376. The first-order valence-electron chi connectivity index (χ1n) is 6.50. The molecular weight excluding hydrogens is 230 g/mol. The van der Waals surface area contributed by atoms with Crippen LogP contribution in [0.15, 0.2) is 6.07 Å². The zero-order valence-corrected chi connectivity index (χ0v) is 10.8. The number of rotatable bonds is 4. The van der Waals surface area contributed by atoms with Crippen molar-refractivity contribution in [3.8, 4) is 0 Å². The standard InChI is InChI=1S/C12H21N5O/c1-2-10-14-11(16-13)7-12(15-10)17-6-4-3-5-9(17)8-18/h7,9,18H,2-6,8,13H2,1H3,(H,14,15,16). The molecule has 2 rings (SSSR count). The van der Waals surface area contributed by atoms with E-state index < -0.39 is 0 Å². The van der Waals surface area contributed by atoms with Gasteiger partial charge in [0.25, 0.3) is 0 Å². The summed E-state index contributed by atoms with van der Waals surface area (Å²) in [4.78, 5) is 11.0. The summed E-state index contributed by atoms with van der Waals surface area (Å²) in [5.74, 6) is 7.68. The van der Waals surface area contributed by atoms with E-state index in [0.717, 1.165) is 43.9 Å². The van der Waals surface area contributed by atoms with Gasteiger partial charge in [0.05, 0.1) is 12.6 Å². The highest BCUT2D eigenvalue weighted by atomic mass is 16.3. The average molecular weight is 251 g/mol. The number of aromatic nitrogens is 2. The van der Waals surface area contributed by atoms with E-state index in [-0.39, 0.29) is 12.6 Å². The van der Waals surface area contributed by atoms with Gasteiger partial charge in [-0.2, -0.15) is 0 Å². The number of nitrogens with zero attached hydrogens (tertiary/aromatic N) is 3. The van der Waals surface area contributed by atoms with Crippen LogP contribution in [0.4, 0.5) is 11.6 Å². The number of aryl methyl sites for hydroxylation is 1. The maximum atomic E-state index is 9.45. The average Bonchev–Trinajstić information content (AvgIpc) is 2.46. The number of aliphatic hydroxyl groups excluding tert-OH is 1. The molecule has 100 valence electrons. The number of piperidine rings is 1. The van der Waals surface area contributed by atoms with Gasteiger partial charge in [-0.3, -0.25) is 0 Å². The number of anilines is 2. The minimum atomic E-state index is 0.156. The first-order valence-corrected chi connectivity index (χ1v) is 6.50. The summed E-state index contributed by atoms with van der Waals surface area (Å²) >= 11 is 0. The lowest BCUT2D eigenvalue weighted by atomic mass is 10.0. The number of aliphatic hydroxyl groups is 1. The number of nitrogens with one attached hydrogen (secondary N) is 1. The van der Waals surface area contributed by atoms with Crippen molar-refractivity contribution in [1.29, 1.82) is 0 Å². The monoisotopic (exact) mass is 251 g/mol. The number of nitrogens with two attached hydrogens (primary N) is 1.